The zero-order valence-corrected chi connectivity index (χ0v) is 13.4. The fourth-order valence-corrected chi connectivity index (χ4v) is 2.53. The Morgan fingerprint density at radius 2 is 1.29 bits per heavy atom. The van der Waals surface area contributed by atoms with Crippen molar-refractivity contribution in [2.75, 3.05) is 5.32 Å². The third-order valence-corrected chi connectivity index (χ3v) is 3.79. The molecule has 0 saturated carbocycles. The molecule has 24 heavy (non-hydrogen) atoms. The van der Waals surface area contributed by atoms with Gasteiger partial charge < -0.3 is 10.6 Å². The third-order valence-electron chi connectivity index (χ3n) is 3.79. The van der Waals surface area contributed by atoms with Crippen LogP contribution in [0, 0.1) is 0 Å². The summed E-state index contributed by atoms with van der Waals surface area (Å²) in [5, 5.41) is 6.34. The first-order valence-electron chi connectivity index (χ1n) is 8.01. The molecule has 0 saturated heterocycles. The molecule has 0 radical (unpaired) electrons. The molecule has 3 heteroatoms. The molecule has 0 aliphatic heterocycles. The minimum absolute atomic E-state index is 0.0473. The number of carbonyl (C=O) groups is 1. The van der Waals surface area contributed by atoms with Gasteiger partial charge in [0.2, 0.25) is 5.91 Å². The van der Waals surface area contributed by atoms with E-state index in [-0.39, 0.29) is 5.91 Å². The quantitative estimate of drug-likeness (QED) is 0.717. The zero-order chi connectivity index (χ0) is 16.6. The normalized spacial score (nSPS) is 11.5. The number of anilines is 1. The average molecular weight is 316 g/mol. The second kappa shape index (κ2) is 7.97. The fraction of sp³-hybridized carbons (Fsp3) is 0.0952. The molecule has 1 unspecified atom stereocenters. The van der Waals surface area contributed by atoms with Gasteiger partial charge in [0.15, 0.2) is 0 Å². The van der Waals surface area contributed by atoms with E-state index in [9.17, 15) is 4.79 Å². The lowest BCUT2D eigenvalue weighted by atomic mass is 10.1. The van der Waals surface area contributed by atoms with Gasteiger partial charge >= 0.3 is 0 Å². The van der Waals surface area contributed by atoms with Gasteiger partial charge in [-0.3, -0.25) is 4.79 Å². The van der Waals surface area contributed by atoms with Crippen molar-refractivity contribution in [1.29, 1.82) is 0 Å². The molecule has 0 fully saturated rings. The van der Waals surface area contributed by atoms with Crippen LogP contribution in [0.3, 0.4) is 0 Å². The van der Waals surface area contributed by atoms with Gasteiger partial charge in [-0.15, -0.1) is 0 Å². The lowest BCUT2D eigenvalue weighted by Crippen LogP contribution is -2.33. The first-order valence-corrected chi connectivity index (χ1v) is 8.01. The van der Waals surface area contributed by atoms with Crippen molar-refractivity contribution in [3.63, 3.8) is 0 Å². The van der Waals surface area contributed by atoms with E-state index in [1.165, 1.54) is 0 Å². The van der Waals surface area contributed by atoms with Crippen LogP contribution in [-0.2, 0) is 11.3 Å². The van der Waals surface area contributed by atoms with Crippen LogP contribution in [0.15, 0.2) is 91.0 Å². The molecule has 3 nitrogen and oxygen atoms in total. The summed E-state index contributed by atoms with van der Waals surface area (Å²) < 4.78 is 0. The molecule has 1 amide bonds. The maximum Gasteiger partial charge on any atom is 0.247 e. The molecule has 2 N–H and O–H groups in total. The van der Waals surface area contributed by atoms with E-state index in [1.54, 1.807) is 0 Å². The summed E-state index contributed by atoms with van der Waals surface area (Å²) >= 11 is 0. The maximum atomic E-state index is 12.7. The summed E-state index contributed by atoms with van der Waals surface area (Å²) in [7, 11) is 0. The second-order valence-electron chi connectivity index (χ2n) is 5.56. The molecular formula is C21H20N2O. The smallest absolute Gasteiger partial charge is 0.247 e. The Bertz CT molecular complexity index is 758. The van der Waals surface area contributed by atoms with Crippen molar-refractivity contribution in [2.24, 2.45) is 0 Å². The molecule has 3 aromatic carbocycles. The SMILES string of the molecule is O=C(NCc1ccccc1)C(Nc1ccccc1)c1ccccc1. The van der Waals surface area contributed by atoms with Gasteiger partial charge in [0.25, 0.3) is 0 Å². The Morgan fingerprint density at radius 3 is 1.92 bits per heavy atom. The zero-order valence-electron chi connectivity index (χ0n) is 13.4. The van der Waals surface area contributed by atoms with Crippen LogP contribution < -0.4 is 10.6 Å². The van der Waals surface area contributed by atoms with Gasteiger partial charge in [-0.1, -0.05) is 78.9 Å². The van der Waals surface area contributed by atoms with E-state index in [2.05, 4.69) is 10.6 Å². The van der Waals surface area contributed by atoms with E-state index in [1.807, 2.05) is 91.0 Å². The molecule has 3 aromatic rings. The van der Waals surface area contributed by atoms with E-state index in [4.69, 9.17) is 0 Å². The van der Waals surface area contributed by atoms with Crippen LogP contribution in [0.1, 0.15) is 17.2 Å². The Hall–Kier alpha value is -3.07. The van der Waals surface area contributed by atoms with Crippen molar-refractivity contribution in [3.8, 4) is 0 Å². The molecule has 0 bridgehead atoms. The Labute approximate surface area is 142 Å². The van der Waals surface area contributed by atoms with Gasteiger partial charge in [0, 0.05) is 12.2 Å². The van der Waals surface area contributed by atoms with Crippen LogP contribution in [-0.4, -0.2) is 5.91 Å². The Morgan fingerprint density at radius 1 is 0.750 bits per heavy atom. The van der Waals surface area contributed by atoms with Crippen LogP contribution in [0.5, 0.6) is 0 Å². The highest BCUT2D eigenvalue weighted by atomic mass is 16.2. The highest BCUT2D eigenvalue weighted by Crippen LogP contribution is 2.19. The van der Waals surface area contributed by atoms with E-state index in [0.717, 1.165) is 16.8 Å². The topological polar surface area (TPSA) is 41.1 Å². The van der Waals surface area contributed by atoms with Crippen molar-refractivity contribution in [2.45, 2.75) is 12.6 Å². The van der Waals surface area contributed by atoms with Gasteiger partial charge in [-0.2, -0.15) is 0 Å². The molecule has 3 rings (SSSR count). The van der Waals surface area contributed by atoms with Crippen molar-refractivity contribution < 1.29 is 4.79 Å². The fourth-order valence-electron chi connectivity index (χ4n) is 2.53. The lowest BCUT2D eigenvalue weighted by Gasteiger charge is -2.20. The monoisotopic (exact) mass is 316 g/mol. The molecule has 0 heterocycles. The highest BCUT2D eigenvalue weighted by molar-refractivity contribution is 5.86. The maximum absolute atomic E-state index is 12.7. The van der Waals surface area contributed by atoms with Gasteiger partial charge in [0.1, 0.15) is 6.04 Å². The number of benzene rings is 3. The number of amides is 1. The molecule has 0 aliphatic rings. The first kappa shape index (κ1) is 15.8. The lowest BCUT2D eigenvalue weighted by molar-refractivity contribution is -0.122. The van der Waals surface area contributed by atoms with E-state index >= 15 is 0 Å². The first-order chi connectivity index (χ1) is 11.8. The predicted molar refractivity (Wildman–Crippen MR) is 97.5 cm³/mol. The number of rotatable bonds is 6. The standard InChI is InChI=1S/C21H20N2O/c24-21(22-16-17-10-4-1-5-11-17)20(18-12-6-2-7-13-18)23-19-14-8-3-9-15-19/h1-15,20,23H,16H2,(H,22,24). The number of carbonyl (C=O) groups excluding carboxylic acids is 1. The predicted octanol–water partition coefficient (Wildman–Crippen LogP) is 4.16. The summed E-state index contributed by atoms with van der Waals surface area (Å²) in [6.07, 6.45) is 0. The molecule has 120 valence electrons. The Balaban J connectivity index is 1.75. The molecule has 1 atom stereocenters. The van der Waals surface area contributed by atoms with E-state index < -0.39 is 6.04 Å². The summed E-state index contributed by atoms with van der Waals surface area (Å²) in [6.45, 7) is 0.513. The van der Waals surface area contributed by atoms with Crippen molar-refractivity contribution in [3.05, 3.63) is 102 Å². The summed E-state index contributed by atoms with van der Waals surface area (Å²) in [5.41, 5.74) is 2.94. The second-order valence-corrected chi connectivity index (χ2v) is 5.56. The third kappa shape index (κ3) is 4.23. The van der Waals surface area contributed by atoms with Crippen LogP contribution in [0.25, 0.3) is 0 Å². The minimum atomic E-state index is -0.433. The van der Waals surface area contributed by atoms with Crippen LogP contribution >= 0.6 is 0 Å². The number of hydrogen-bond donors (Lipinski definition) is 2. The van der Waals surface area contributed by atoms with Gasteiger partial charge in [-0.25, -0.2) is 0 Å². The highest BCUT2D eigenvalue weighted by Gasteiger charge is 2.19. The minimum Gasteiger partial charge on any atom is -0.370 e. The van der Waals surface area contributed by atoms with Gasteiger partial charge in [0.05, 0.1) is 0 Å². The summed E-state index contributed by atoms with van der Waals surface area (Å²) in [6, 6.07) is 29.0. The average Bonchev–Trinajstić information content (AvgIpc) is 2.66. The van der Waals surface area contributed by atoms with Crippen molar-refractivity contribution >= 4 is 11.6 Å². The molecular weight excluding hydrogens is 296 g/mol. The van der Waals surface area contributed by atoms with Crippen LogP contribution in [0.4, 0.5) is 5.69 Å². The Kier molecular flexibility index (Phi) is 5.25. The van der Waals surface area contributed by atoms with Gasteiger partial charge in [-0.05, 0) is 23.3 Å². The number of para-hydroxylation sites is 1. The molecule has 0 aromatic heterocycles. The largest absolute Gasteiger partial charge is 0.370 e. The summed E-state index contributed by atoms with van der Waals surface area (Å²) in [4.78, 5) is 12.7. The van der Waals surface area contributed by atoms with E-state index in [0.29, 0.717) is 6.54 Å². The molecule has 0 spiro atoms. The van der Waals surface area contributed by atoms with Crippen molar-refractivity contribution in [1.82, 2.24) is 5.32 Å². The molecule has 0 aliphatic carbocycles. The summed E-state index contributed by atoms with van der Waals surface area (Å²) in [5.74, 6) is -0.0473. The number of nitrogens with one attached hydrogen (secondary N) is 2. The number of hydrogen-bond acceptors (Lipinski definition) is 2. The van der Waals surface area contributed by atoms with Crippen LogP contribution in [0.2, 0.25) is 0 Å².